The Morgan fingerprint density at radius 2 is 2.31 bits per heavy atom. The summed E-state index contributed by atoms with van der Waals surface area (Å²) in [6.07, 6.45) is 6.82. The van der Waals surface area contributed by atoms with Gasteiger partial charge in [-0.2, -0.15) is 0 Å². The molecule has 0 radical (unpaired) electrons. The molecule has 0 aromatic carbocycles. The van der Waals surface area contributed by atoms with E-state index in [4.69, 9.17) is 16.6 Å². The van der Waals surface area contributed by atoms with E-state index in [9.17, 15) is 0 Å². The van der Waals surface area contributed by atoms with Gasteiger partial charge in [-0.25, -0.2) is 0 Å². The number of rotatable bonds is 3. The topological polar surface area (TPSA) is 28.4 Å². The first-order chi connectivity index (χ1) is 7.75. The second kappa shape index (κ2) is 5.34. The van der Waals surface area contributed by atoms with Crippen LogP contribution < -0.4 is 5.32 Å². The molecule has 0 atom stereocenters. The van der Waals surface area contributed by atoms with Gasteiger partial charge in [-0.05, 0) is 37.2 Å². The molecule has 0 unspecified atom stereocenters. The van der Waals surface area contributed by atoms with E-state index in [2.05, 4.69) is 5.32 Å². The summed E-state index contributed by atoms with van der Waals surface area (Å²) in [5.74, 6) is 0.943. The first kappa shape index (κ1) is 11.5. The zero-order valence-corrected chi connectivity index (χ0v) is 10.4. The van der Waals surface area contributed by atoms with Crippen molar-refractivity contribution >= 4 is 17.3 Å². The highest BCUT2D eigenvalue weighted by Crippen LogP contribution is 2.18. The summed E-state index contributed by atoms with van der Waals surface area (Å²) in [5.41, 5.74) is 0. The zero-order chi connectivity index (χ0) is 11.4. The van der Waals surface area contributed by atoms with E-state index in [-0.39, 0.29) is 0 Å². The van der Waals surface area contributed by atoms with Crippen LogP contribution in [0.1, 0.15) is 31.4 Å². The third kappa shape index (κ3) is 2.98. The molecule has 1 aromatic rings. The van der Waals surface area contributed by atoms with Gasteiger partial charge in [0.05, 0.1) is 12.8 Å². The van der Waals surface area contributed by atoms with Crippen LogP contribution in [-0.2, 0) is 6.54 Å². The number of hydrogen-bond donors (Lipinski definition) is 1. The fourth-order valence-corrected chi connectivity index (χ4v) is 2.29. The van der Waals surface area contributed by atoms with Crippen LogP contribution in [0.15, 0.2) is 22.8 Å². The molecule has 88 valence electrons. The molecule has 0 bridgehead atoms. The molecule has 1 aliphatic carbocycles. The molecular weight excluding hydrogens is 220 g/mol. The summed E-state index contributed by atoms with van der Waals surface area (Å²) in [6.45, 7) is 0.728. The van der Waals surface area contributed by atoms with Crippen LogP contribution in [0.3, 0.4) is 0 Å². The predicted molar refractivity (Wildman–Crippen MR) is 68.2 cm³/mol. The fourth-order valence-electron chi connectivity index (χ4n) is 2.06. The summed E-state index contributed by atoms with van der Waals surface area (Å²) in [4.78, 5) is 2.02. The Hall–Kier alpha value is -1.03. The summed E-state index contributed by atoms with van der Waals surface area (Å²) in [5, 5.41) is 4.23. The third-order valence-corrected chi connectivity index (χ3v) is 3.43. The van der Waals surface area contributed by atoms with E-state index in [1.807, 2.05) is 24.1 Å². The number of hydrogen-bond acceptors (Lipinski definition) is 2. The molecule has 0 aliphatic heterocycles. The molecule has 1 aromatic heterocycles. The van der Waals surface area contributed by atoms with Crippen molar-refractivity contribution in [2.24, 2.45) is 0 Å². The minimum atomic E-state index is 0.576. The Bertz CT molecular complexity index is 331. The van der Waals surface area contributed by atoms with Gasteiger partial charge in [-0.3, -0.25) is 0 Å². The van der Waals surface area contributed by atoms with Crippen molar-refractivity contribution in [1.82, 2.24) is 10.2 Å². The quantitative estimate of drug-likeness (QED) is 0.819. The first-order valence-electron chi connectivity index (χ1n) is 5.80. The molecule has 16 heavy (non-hydrogen) atoms. The molecule has 2 rings (SSSR count). The monoisotopic (exact) mass is 238 g/mol. The first-order valence-corrected chi connectivity index (χ1v) is 6.20. The average molecular weight is 238 g/mol. The standard InChI is InChI=1S/C12H18N2OS/c1-14(9-11-7-4-8-15-11)12(16)13-10-5-2-3-6-10/h4,7-8,10H,2-3,5-6,9H2,1H3,(H,13,16). The van der Waals surface area contributed by atoms with Crippen LogP contribution in [0.25, 0.3) is 0 Å². The van der Waals surface area contributed by atoms with Gasteiger partial charge < -0.3 is 14.6 Å². The van der Waals surface area contributed by atoms with Crippen molar-refractivity contribution in [2.75, 3.05) is 7.05 Å². The van der Waals surface area contributed by atoms with Gasteiger partial charge in [-0.15, -0.1) is 0 Å². The molecule has 1 saturated carbocycles. The second-order valence-corrected chi connectivity index (χ2v) is 4.75. The number of nitrogens with one attached hydrogen (secondary N) is 1. The Morgan fingerprint density at radius 1 is 1.56 bits per heavy atom. The van der Waals surface area contributed by atoms with Crippen molar-refractivity contribution < 1.29 is 4.42 Å². The number of thiocarbonyl (C=S) groups is 1. The SMILES string of the molecule is CN(Cc1ccco1)C(=S)NC1CCCC1. The number of nitrogens with zero attached hydrogens (tertiary/aromatic N) is 1. The summed E-state index contributed by atoms with van der Waals surface area (Å²) < 4.78 is 5.30. The maximum absolute atomic E-state index is 5.36. The van der Waals surface area contributed by atoms with E-state index in [0.29, 0.717) is 6.04 Å². The van der Waals surface area contributed by atoms with Crippen molar-refractivity contribution in [3.05, 3.63) is 24.2 Å². The predicted octanol–water partition coefficient (Wildman–Crippen LogP) is 2.53. The molecular formula is C12H18N2OS. The maximum Gasteiger partial charge on any atom is 0.169 e. The minimum absolute atomic E-state index is 0.576. The fraction of sp³-hybridized carbons (Fsp3) is 0.583. The van der Waals surface area contributed by atoms with Crippen LogP contribution in [0.5, 0.6) is 0 Å². The molecule has 1 N–H and O–H groups in total. The number of furan rings is 1. The van der Waals surface area contributed by atoms with Crippen molar-refractivity contribution in [2.45, 2.75) is 38.3 Å². The third-order valence-electron chi connectivity index (χ3n) is 3.00. The zero-order valence-electron chi connectivity index (χ0n) is 9.61. The van der Waals surface area contributed by atoms with E-state index in [1.54, 1.807) is 6.26 Å². The Morgan fingerprint density at radius 3 is 2.94 bits per heavy atom. The van der Waals surface area contributed by atoms with Gasteiger partial charge in [0.1, 0.15) is 5.76 Å². The highest BCUT2D eigenvalue weighted by Gasteiger charge is 2.17. The van der Waals surface area contributed by atoms with Gasteiger partial charge in [0.15, 0.2) is 5.11 Å². The normalized spacial score (nSPS) is 16.3. The van der Waals surface area contributed by atoms with Gasteiger partial charge >= 0.3 is 0 Å². The molecule has 0 amide bonds. The summed E-state index contributed by atoms with van der Waals surface area (Å²) >= 11 is 5.36. The Kier molecular flexibility index (Phi) is 3.83. The van der Waals surface area contributed by atoms with Crippen LogP contribution in [-0.4, -0.2) is 23.1 Å². The van der Waals surface area contributed by atoms with E-state index in [1.165, 1.54) is 25.7 Å². The molecule has 0 spiro atoms. The molecule has 1 aliphatic rings. The summed E-state index contributed by atoms with van der Waals surface area (Å²) in [6, 6.07) is 4.44. The molecule has 1 heterocycles. The second-order valence-electron chi connectivity index (χ2n) is 4.37. The Balaban J connectivity index is 1.79. The minimum Gasteiger partial charge on any atom is -0.467 e. The highest BCUT2D eigenvalue weighted by atomic mass is 32.1. The smallest absolute Gasteiger partial charge is 0.169 e. The highest BCUT2D eigenvalue weighted by molar-refractivity contribution is 7.80. The van der Waals surface area contributed by atoms with Crippen LogP contribution >= 0.6 is 12.2 Å². The average Bonchev–Trinajstić information content (AvgIpc) is 2.90. The maximum atomic E-state index is 5.36. The lowest BCUT2D eigenvalue weighted by Crippen LogP contribution is -2.41. The van der Waals surface area contributed by atoms with Gasteiger partial charge in [0.2, 0.25) is 0 Å². The lowest BCUT2D eigenvalue weighted by atomic mass is 10.2. The van der Waals surface area contributed by atoms with Gasteiger partial charge in [-0.1, -0.05) is 12.8 Å². The molecule has 3 nitrogen and oxygen atoms in total. The lowest BCUT2D eigenvalue weighted by molar-refractivity contribution is 0.401. The Labute approximate surface area is 102 Å². The van der Waals surface area contributed by atoms with E-state index in [0.717, 1.165) is 17.4 Å². The van der Waals surface area contributed by atoms with Crippen LogP contribution in [0.4, 0.5) is 0 Å². The van der Waals surface area contributed by atoms with E-state index < -0.39 is 0 Å². The van der Waals surface area contributed by atoms with Gasteiger partial charge in [0.25, 0.3) is 0 Å². The van der Waals surface area contributed by atoms with Crippen molar-refractivity contribution in [3.63, 3.8) is 0 Å². The molecule has 1 fully saturated rings. The molecule has 4 heteroatoms. The summed E-state index contributed by atoms with van der Waals surface area (Å²) in [7, 11) is 1.99. The lowest BCUT2D eigenvalue weighted by Gasteiger charge is -2.23. The van der Waals surface area contributed by atoms with Crippen LogP contribution in [0.2, 0.25) is 0 Å². The van der Waals surface area contributed by atoms with Crippen molar-refractivity contribution in [1.29, 1.82) is 0 Å². The van der Waals surface area contributed by atoms with Crippen molar-refractivity contribution in [3.8, 4) is 0 Å². The van der Waals surface area contributed by atoms with Gasteiger partial charge in [0, 0.05) is 13.1 Å². The largest absolute Gasteiger partial charge is 0.467 e. The molecule has 0 saturated heterocycles. The van der Waals surface area contributed by atoms with Crippen LogP contribution in [0, 0.1) is 0 Å². The van der Waals surface area contributed by atoms with E-state index >= 15 is 0 Å².